The highest BCUT2D eigenvalue weighted by Gasteiger charge is 2.02. The monoisotopic (exact) mass is 202 g/mol. The molecule has 2 rings (SSSR count). The Morgan fingerprint density at radius 1 is 1.21 bits per heavy atom. The van der Waals surface area contributed by atoms with Crippen molar-refractivity contribution >= 4 is 11.6 Å². The largest absolute Gasteiger partial charge is 0.322 e. The van der Waals surface area contributed by atoms with Gasteiger partial charge in [0, 0.05) is 12.4 Å². The van der Waals surface area contributed by atoms with E-state index in [0.717, 1.165) is 5.69 Å². The second-order valence-electron chi connectivity index (χ2n) is 2.87. The standard InChI is InChI=1S/C11H7ClN2/c12-10-7-9(8-13)3-4-11(10)14-5-1-2-6-14/h1-7H. The zero-order valence-corrected chi connectivity index (χ0v) is 8.07. The van der Waals surface area contributed by atoms with E-state index in [0.29, 0.717) is 10.6 Å². The van der Waals surface area contributed by atoms with Crippen molar-refractivity contribution in [3.8, 4) is 11.8 Å². The lowest BCUT2D eigenvalue weighted by Crippen LogP contribution is -1.90. The molecule has 1 heterocycles. The summed E-state index contributed by atoms with van der Waals surface area (Å²) in [6, 6.07) is 11.1. The third kappa shape index (κ3) is 1.50. The molecule has 0 aliphatic heterocycles. The number of hydrogen-bond donors (Lipinski definition) is 0. The second-order valence-corrected chi connectivity index (χ2v) is 3.28. The smallest absolute Gasteiger partial charge is 0.0992 e. The van der Waals surface area contributed by atoms with E-state index in [2.05, 4.69) is 0 Å². The number of nitriles is 1. The molecule has 2 nitrogen and oxygen atoms in total. The molecule has 1 aromatic heterocycles. The summed E-state index contributed by atoms with van der Waals surface area (Å²) in [5.41, 5.74) is 1.46. The van der Waals surface area contributed by atoms with Crippen LogP contribution in [0, 0.1) is 11.3 Å². The molecule has 2 aromatic rings. The van der Waals surface area contributed by atoms with Crippen LogP contribution in [0.15, 0.2) is 42.7 Å². The van der Waals surface area contributed by atoms with Gasteiger partial charge in [-0.25, -0.2) is 0 Å². The van der Waals surface area contributed by atoms with Crippen LogP contribution >= 0.6 is 11.6 Å². The molecule has 14 heavy (non-hydrogen) atoms. The summed E-state index contributed by atoms with van der Waals surface area (Å²) in [4.78, 5) is 0. The Morgan fingerprint density at radius 3 is 2.50 bits per heavy atom. The van der Waals surface area contributed by atoms with Gasteiger partial charge in [0.1, 0.15) is 0 Å². The maximum atomic E-state index is 8.67. The summed E-state index contributed by atoms with van der Waals surface area (Å²) in [5, 5.41) is 9.25. The van der Waals surface area contributed by atoms with Gasteiger partial charge >= 0.3 is 0 Å². The van der Waals surface area contributed by atoms with Crippen molar-refractivity contribution in [2.75, 3.05) is 0 Å². The summed E-state index contributed by atoms with van der Waals surface area (Å²) in [6.07, 6.45) is 3.82. The minimum absolute atomic E-state index is 0.575. The fourth-order valence-electron chi connectivity index (χ4n) is 1.28. The van der Waals surface area contributed by atoms with Gasteiger partial charge in [0.25, 0.3) is 0 Å². The number of benzene rings is 1. The van der Waals surface area contributed by atoms with Crippen LogP contribution in [0.25, 0.3) is 5.69 Å². The number of halogens is 1. The number of aromatic nitrogens is 1. The van der Waals surface area contributed by atoms with E-state index in [9.17, 15) is 0 Å². The lowest BCUT2D eigenvalue weighted by molar-refractivity contribution is 1.08. The van der Waals surface area contributed by atoms with Crippen molar-refractivity contribution in [1.29, 1.82) is 5.26 Å². The quantitative estimate of drug-likeness (QED) is 0.699. The maximum Gasteiger partial charge on any atom is 0.0992 e. The van der Waals surface area contributed by atoms with Crippen molar-refractivity contribution < 1.29 is 0 Å². The molecule has 0 unspecified atom stereocenters. The van der Waals surface area contributed by atoms with Crippen molar-refractivity contribution in [2.45, 2.75) is 0 Å². The van der Waals surface area contributed by atoms with Crippen LogP contribution in [-0.2, 0) is 0 Å². The van der Waals surface area contributed by atoms with Crippen LogP contribution in [0.2, 0.25) is 5.02 Å². The lowest BCUT2D eigenvalue weighted by atomic mass is 10.2. The summed E-state index contributed by atoms with van der Waals surface area (Å²) in [6.45, 7) is 0. The van der Waals surface area contributed by atoms with E-state index in [1.54, 1.807) is 12.1 Å². The van der Waals surface area contributed by atoms with Crippen molar-refractivity contribution in [3.63, 3.8) is 0 Å². The molecule has 0 amide bonds. The molecule has 0 atom stereocenters. The zero-order chi connectivity index (χ0) is 9.97. The van der Waals surface area contributed by atoms with Gasteiger partial charge in [0.05, 0.1) is 22.3 Å². The Morgan fingerprint density at radius 2 is 1.93 bits per heavy atom. The molecule has 0 saturated carbocycles. The van der Waals surface area contributed by atoms with E-state index in [4.69, 9.17) is 16.9 Å². The van der Waals surface area contributed by atoms with Crippen molar-refractivity contribution in [2.24, 2.45) is 0 Å². The molecule has 0 aliphatic carbocycles. The minimum atomic E-state index is 0.575. The van der Waals surface area contributed by atoms with Gasteiger partial charge in [0.15, 0.2) is 0 Å². The molecule has 0 N–H and O–H groups in total. The molecule has 68 valence electrons. The topological polar surface area (TPSA) is 28.7 Å². The van der Waals surface area contributed by atoms with Gasteiger partial charge in [-0.05, 0) is 30.3 Å². The van der Waals surface area contributed by atoms with Gasteiger partial charge in [-0.15, -0.1) is 0 Å². The van der Waals surface area contributed by atoms with E-state index >= 15 is 0 Å². The predicted molar refractivity (Wildman–Crippen MR) is 55.5 cm³/mol. The first-order valence-electron chi connectivity index (χ1n) is 4.14. The Kier molecular flexibility index (Phi) is 2.26. The molecule has 0 aliphatic rings. The molecule has 0 saturated heterocycles. The highest BCUT2D eigenvalue weighted by Crippen LogP contribution is 2.21. The Hall–Kier alpha value is -1.72. The molecule has 0 bridgehead atoms. The van der Waals surface area contributed by atoms with Crippen LogP contribution in [0.4, 0.5) is 0 Å². The average molecular weight is 203 g/mol. The fourth-order valence-corrected chi connectivity index (χ4v) is 1.56. The molecule has 1 aromatic carbocycles. The van der Waals surface area contributed by atoms with Crippen molar-refractivity contribution in [3.05, 3.63) is 53.3 Å². The van der Waals surface area contributed by atoms with Gasteiger partial charge in [-0.3, -0.25) is 0 Å². The van der Waals surface area contributed by atoms with Crippen LogP contribution in [0.1, 0.15) is 5.56 Å². The van der Waals surface area contributed by atoms with E-state index < -0.39 is 0 Å². The first-order valence-corrected chi connectivity index (χ1v) is 4.52. The van der Waals surface area contributed by atoms with E-state index in [1.807, 2.05) is 41.2 Å². The highest BCUT2D eigenvalue weighted by atomic mass is 35.5. The Labute approximate surface area is 87.0 Å². The normalized spacial score (nSPS) is 9.71. The van der Waals surface area contributed by atoms with Crippen LogP contribution < -0.4 is 0 Å². The molecule has 0 radical (unpaired) electrons. The van der Waals surface area contributed by atoms with Gasteiger partial charge in [-0.2, -0.15) is 5.26 Å². The molecular weight excluding hydrogens is 196 g/mol. The van der Waals surface area contributed by atoms with Crippen LogP contribution in [-0.4, -0.2) is 4.57 Å². The highest BCUT2D eigenvalue weighted by molar-refractivity contribution is 6.32. The predicted octanol–water partition coefficient (Wildman–Crippen LogP) is 3.00. The molecule has 3 heteroatoms. The second kappa shape index (κ2) is 3.57. The molecule has 0 spiro atoms. The zero-order valence-electron chi connectivity index (χ0n) is 7.31. The number of nitrogens with zero attached hydrogens (tertiary/aromatic N) is 2. The van der Waals surface area contributed by atoms with Gasteiger partial charge in [0.2, 0.25) is 0 Å². The van der Waals surface area contributed by atoms with Crippen LogP contribution in [0.5, 0.6) is 0 Å². The molecule has 0 fully saturated rings. The first-order chi connectivity index (χ1) is 6.81. The Bertz CT molecular complexity index is 480. The number of hydrogen-bond acceptors (Lipinski definition) is 1. The summed E-state index contributed by atoms with van der Waals surface area (Å²) in [7, 11) is 0. The SMILES string of the molecule is N#Cc1ccc(-n2cccc2)c(Cl)c1. The average Bonchev–Trinajstić information content (AvgIpc) is 2.70. The molecular formula is C11H7ClN2. The van der Waals surface area contributed by atoms with Gasteiger partial charge < -0.3 is 4.57 Å². The summed E-state index contributed by atoms with van der Waals surface area (Å²) in [5.74, 6) is 0. The minimum Gasteiger partial charge on any atom is -0.322 e. The third-order valence-electron chi connectivity index (χ3n) is 1.96. The Balaban J connectivity index is 2.52. The third-order valence-corrected chi connectivity index (χ3v) is 2.26. The van der Waals surface area contributed by atoms with Crippen molar-refractivity contribution in [1.82, 2.24) is 4.57 Å². The summed E-state index contributed by atoms with van der Waals surface area (Å²) < 4.78 is 1.91. The first kappa shape index (κ1) is 8.86. The maximum absolute atomic E-state index is 8.67. The fraction of sp³-hybridized carbons (Fsp3) is 0. The lowest BCUT2D eigenvalue weighted by Gasteiger charge is -2.04. The van der Waals surface area contributed by atoms with Gasteiger partial charge in [-0.1, -0.05) is 11.6 Å². The van der Waals surface area contributed by atoms with Crippen LogP contribution in [0.3, 0.4) is 0 Å². The number of rotatable bonds is 1. The summed E-state index contributed by atoms with van der Waals surface area (Å²) >= 11 is 6.03. The van der Waals surface area contributed by atoms with E-state index in [1.165, 1.54) is 0 Å². The van der Waals surface area contributed by atoms with E-state index in [-0.39, 0.29) is 0 Å².